The van der Waals surface area contributed by atoms with E-state index < -0.39 is 5.97 Å². The molecular formula is C22H20N2O4. The van der Waals surface area contributed by atoms with E-state index in [4.69, 9.17) is 9.26 Å². The molecule has 1 amide bonds. The molecule has 1 fully saturated rings. The summed E-state index contributed by atoms with van der Waals surface area (Å²) in [5.74, 6) is 0.195. The summed E-state index contributed by atoms with van der Waals surface area (Å²) in [6, 6.07) is 18.9. The summed E-state index contributed by atoms with van der Waals surface area (Å²) in [5, 5.41) is 3.81. The van der Waals surface area contributed by atoms with Crippen LogP contribution in [-0.4, -0.2) is 23.6 Å². The third kappa shape index (κ3) is 4.11. The third-order valence-corrected chi connectivity index (χ3v) is 4.65. The van der Waals surface area contributed by atoms with Crippen LogP contribution in [0.2, 0.25) is 0 Å². The molecule has 0 aliphatic carbocycles. The summed E-state index contributed by atoms with van der Waals surface area (Å²) in [4.78, 5) is 25.9. The number of rotatable bonds is 6. The molecule has 2 heterocycles. The third-order valence-electron chi connectivity index (χ3n) is 4.65. The second kappa shape index (κ2) is 8.08. The summed E-state index contributed by atoms with van der Waals surface area (Å²) >= 11 is 0. The Labute approximate surface area is 162 Å². The van der Waals surface area contributed by atoms with Crippen LogP contribution in [0.25, 0.3) is 0 Å². The van der Waals surface area contributed by atoms with Crippen LogP contribution in [0.3, 0.4) is 0 Å². The van der Waals surface area contributed by atoms with Gasteiger partial charge >= 0.3 is 5.97 Å². The van der Waals surface area contributed by atoms with Crippen LogP contribution in [0.15, 0.2) is 65.2 Å². The molecule has 1 aromatic heterocycles. The maximum Gasteiger partial charge on any atom is 0.360 e. The zero-order valence-electron chi connectivity index (χ0n) is 15.3. The monoisotopic (exact) mass is 376 g/mol. The van der Waals surface area contributed by atoms with Crippen molar-refractivity contribution in [3.8, 4) is 0 Å². The van der Waals surface area contributed by atoms with Crippen molar-refractivity contribution in [3.63, 3.8) is 0 Å². The van der Waals surface area contributed by atoms with Crippen LogP contribution >= 0.6 is 0 Å². The van der Waals surface area contributed by atoms with Gasteiger partial charge < -0.3 is 14.2 Å². The molecule has 1 saturated heterocycles. The van der Waals surface area contributed by atoms with Crippen LogP contribution in [0.4, 0.5) is 5.69 Å². The summed E-state index contributed by atoms with van der Waals surface area (Å²) in [6.07, 6.45) is 2.01. The first-order valence-electron chi connectivity index (χ1n) is 9.25. The van der Waals surface area contributed by atoms with Gasteiger partial charge in [0.2, 0.25) is 5.91 Å². The maximum atomic E-state index is 12.3. The first kappa shape index (κ1) is 18.0. The van der Waals surface area contributed by atoms with Crippen molar-refractivity contribution in [3.05, 3.63) is 83.2 Å². The molecule has 0 radical (unpaired) electrons. The Hall–Kier alpha value is -3.41. The Morgan fingerprint density at radius 1 is 1.07 bits per heavy atom. The van der Waals surface area contributed by atoms with Gasteiger partial charge in [-0.05, 0) is 29.7 Å². The van der Waals surface area contributed by atoms with Crippen LogP contribution < -0.4 is 4.90 Å². The minimum atomic E-state index is -0.536. The summed E-state index contributed by atoms with van der Waals surface area (Å²) in [6.45, 7) is 0.834. The summed E-state index contributed by atoms with van der Waals surface area (Å²) in [5.41, 5.74) is 2.88. The fraction of sp³-hybridized carbons (Fsp3) is 0.227. The van der Waals surface area contributed by atoms with Crippen molar-refractivity contribution in [2.24, 2.45) is 0 Å². The zero-order chi connectivity index (χ0) is 19.3. The van der Waals surface area contributed by atoms with Gasteiger partial charge in [0, 0.05) is 31.1 Å². The molecule has 142 valence electrons. The van der Waals surface area contributed by atoms with Crippen LogP contribution in [0.5, 0.6) is 0 Å². The number of benzene rings is 2. The number of hydrogen-bond acceptors (Lipinski definition) is 5. The first-order chi connectivity index (χ1) is 13.7. The van der Waals surface area contributed by atoms with Crippen molar-refractivity contribution >= 4 is 17.6 Å². The highest BCUT2D eigenvalue weighted by molar-refractivity contribution is 5.95. The topological polar surface area (TPSA) is 72.6 Å². The molecular weight excluding hydrogens is 356 g/mol. The normalized spacial score (nSPS) is 13.7. The highest BCUT2D eigenvalue weighted by Crippen LogP contribution is 2.22. The van der Waals surface area contributed by atoms with Gasteiger partial charge in [0.1, 0.15) is 12.4 Å². The van der Waals surface area contributed by atoms with Gasteiger partial charge in [0.15, 0.2) is 5.69 Å². The van der Waals surface area contributed by atoms with Crippen molar-refractivity contribution in [1.29, 1.82) is 0 Å². The molecule has 6 heteroatoms. The first-order valence-corrected chi connectivity index (χ1v) is 9.25. The van der Waals surface area contributed by atoms with E-state index in [1.807, 2.05) is 54.6 Å². The average Bonchev–Trinajstić information content (AvgIpc) is 3.36. The van der Waals surface area contributed by atoms with Gasteiger partial charge in [-0.15, -0.1) is 0 Å². The van der Waals surface area contributed by atoms with E-state index in [1.54, 1.807) is 11.0 Å². The molecule has 2 aromatic carbocycles. The largest absolute Gasteiger partial charge is 0.456 e. The number of esters is 1. The number of ether oxygens (including phenoxy) is 1. The van der Waals surface area contributed by atoms with Gasteiger partial charge in [-0.1, -0.05) is 47.6 Å². The predicted molar refractivity (Wildman–Crippen MR) is 103 cm³/mol. The minimum absolute atomic E-state index is 0.107. The van der Waals surface area contributed by atoms with E-state index in [2.05, 4.69) is 5.16 Å². The number of nitrogens with zero attached hydrogens (tertiary/aromatic N) is 2. The Morgan fingerprint density at radius 3 is 2.68 bits per heavy atom. The summed E-state index contributed by atoms with van der Waals surface area (Å²) in [7, 11) is 0. The van der Waals surface area contributed by atoms with Crippen LogP contribution in [-0.2, 0) is 22.6 Å². The van der Waals surface area contributed by atoms with E-state index in [0.717, 1.165) is 29.8 Å². The highest BCUT2D eigenvalue weighted by atomic mass is 16.5. The average molecular weight is 376 g/mol. The molecule has 1 aliphatic rings. The standard InChI is InChI=1S/C22H20N2O4/c25-21-10-5-11-24(21)18-9-4-8-17(12-18)15-27-22(26)20-14-19(28-23-20)13-16-6-2-1-3-7-16/h1-4,6-9,12,14H,5,10-11,13,15H2. The molecule has 0 N–H and O–H groups in total. The van der Waals surface area contributed by atoms with Crippen LogP contribution in [0.1, 0.15) is 40.2 Å². The number of anilines is 1. The molecule has 4 rings (SSSR count). The fourth-order valence-corrected chi connectivity index (χ4v) is 3.25. The summed E-state index contributed by atoms with van der Waals surface area (Å²) < 4.78 is 10.6. The Kier molecular flexibility index (Phi) is 5.19. The van der Waals surface area contributed by atoms with Crippen molar-refractivity contribution in [2.75, 3.05) is 11.4 Å². The molecule has 0 unspecified atom stereocenters. The van der Waals surface area contributed by atoms with Gasteiger partial charge in [-0.2, -0.15) is 0 Å². The minimum Gasteiger partial charge on any atom is -0.456 e. The molecule has 28 heavy (non-hydrogen) atoms. The highest BCUT2D eigenvalue weighted by Gasteiger charge is 2.22. The number of carbonyl (C=O) groups excluding carboxylic acids is 2. The zero-order valence-corrected chi connectivity index (χ0v) is 15.3. The molecule has 0 spiro atoms. The Bertz CT molecular complexity index is 981. The van der Waals surface area contributed by atoms with Gasteiger partial charge in [0.25, 0.3) is 0 Å². The molecule has 0 bridgehead atoms. The van der Waals surface area contributed by atoms with E-state index in [-0.39, 0.29) is 18.2 Å². The lowest BCUT2D eigenvalue weighted by atomic mass is 10.1. The number of hydrogen-bond donors (Lipinski definition) is 0. The Morgan fingerprint density at radius 2 is 1.89 bits per heavy atom. The molecule has 0 atom stereocenters. The fourth-order valence-electron chi connectivity index (χ4n) is 3.25. The van der Waals surface area contributed by atoms with E-state index in [1.165, 1.54) is 0 Å². The Balaban J connectivity index is 1.36. The number of aromatic nitrogens is 1. The molecule has 0 saturated carbocycles. The van der Waals surface area contributed by atoms with Gasteiger partial charge in [-0.25, -0.2) is 4.79 Å². The maximum absolute atomic E-state index is 12.3. The van der Waals surface area contributed by atoms with Crippen molar-refractivity contribution < 1.29 is 18.8 Å². The lowest BCUT2D eigenvalue weighted by Gasteiger charge is -2.16. The lowest BCUT2D eigenvalue weighted by molar-refractivity contribution is -0.117. The van der Waals surface area contributed by atoms with Crippen LogP contribution in [0, 0.1) is 0 Å². The molecule has 6 nitrogen and oxygen atoms in total. The quantitative estimate of drug-likeness (QED) is 0.613. The second-order valence-electron chi connectivity index (χ2n) is 6.74. The number of amides is 1. The molecule has 3 aromatic rings. The smallest absolute Gasteiger partial charge is 0.360 e. The molecule has 1 aliphatic heterocycles. The lowest BCUT2D eigenvalue weighted by Crippen LogP contribution is -2.23. The SMILES string of the molecule is O=C(OCc1cccc(N2CCCC2=O)c1)c1cc(Cc2ccccc2)on1. The van der Waals surface area contributed by atoms with Crippen molar-refractivity contribution in [2.45, 2.75) is 25.9 Å². The number of carbonyl (C=O) groups is 2. The second-order valence-corrected chi connectivity index (χ2v) is 6.74. The van der Waals surface area contributed by atoms with Crippen molar-refractivity contribution in [1.82, 2.24) is 5.16 Å². The van der Waals surface area contributed by atoms with E-state index in [9.17, 15) is 9.59 Å². The van der Waals surface area contributed by atoms with E-state index in [0.29, 0.717) is 18.6 Å². The van der Waals surface area contributed by atoms with Gasteiger partial charge in [0.05, 0.1) is 0 Å². The van der Waals surface area contributed by atoms with Gasteiger partial charge in [-0.3, -0.25) is 4.79 Å². The predicted octanol–water partition coefficient (Wildman–Crippen LogP) is 3.75. The van der Waals surface area contributed by atoms with E-state index >= 15 is 0 Å².